The summed E-state index contributed by atoms with van der Waals surface area (Å²) in [6.45, 7) is 5.57. The molecule has 0 spiro atoms. The molecule has 0 N–H and O–H groups in total. The predicted molar refractivity (Wildman–Crippen MR) is 85.0 cm³/mol. The van der Waals surface area contributed by atoms with Gasteiger partial charge in [0.15, 0.2) is 0 Å². The van der Waals surface area contributed by atoms with E-state index in [1.54, 1.807) is 7.11 Å². The molecule has 1 aromatic rings. The lowest BCUT2D eigenvalue weighted by atomic mass is 9.88. The van der Waals surface area contributed by atoms with Crippen LogP contribution < -0.4 is 4.74 Å². The van der Waals surface area contributed by atoms with Crippen molar-refractivity contribution in [2.75, 3.05) is 40.0 Å². The Morgan fingerprint density at radius 1 is 1.19 bits per heavy atom. The summed E-state index contributed by atoms with van der Waals surface area (Å²) < 4.78 is 11.1. The van der Waals surface area contributed by atoms with Crippen LogP contribution in [0, 0.1) is 5.92 Å². The van der Waals surface area contributed by atoms with Gasteiger partial charge in [-0.25, -0.2) is 0 Å². The first-order valence-corrected chi connectivity index (χ1v) is 8.30. The highest BCUT2D eigenvalue weighted by Crippen LogP contribution is 2.34. The molecule has 2 fully saturated rings. The summed E-state index contributed by atoms with van der Waals surface area (Å²) in [5.74, 6) is 2.46. The van der Waals surface area contributed by atoms with Crippen LogP contribution in [0.15, 0.2) is 24.3 Å². The molecule has 0 aliphatic carbocycles. The van der Waals surface area contributed by atoms with Gasteiger partial charge in [0, 0.05) is 13.2 Å². The van der Waals surface area contributed by atoms with Crippen LogP contribution in [0.4, 0.5) is 0 Å². The van der Waals surface area contributed by atoms with Crippen molar-refractivity contribution in [1.82, 2.24) is 4.90 Å². The van der Waals surface area contributed by atoms with E-state index in [1.165, 1.54) is 50.9 Å². The Hall–Kier alpha value is -1.06. The number of nitrogens with zero attached hydrogens (tertiary/aromatic N) is 1. The Kier molecular flexibility index (Phi) is 5.15. The molecule has 2 aliphatic rings. The molecule has 1 aromatic carbocycles. The maximum Gasteiger partial charge on any atom is 0.122 e. The highest BCUT2D eigenvalue weighted by molar-refractivity contribution is 5.36. The summed E-state index contributed by atoms with van der Waals surface area (Å²) in [5, 5.41) is 0. The maximum absolute atomic E-state index is 5.60. The minimum atomic E-state index is 0.653. The van der Waals surface area contributed by atoms with Crippen LogP contribution in [0.25, 0.3) is 0 Å². The van der Waals surface area contributed by atoms with E-state index in [-0.39, 0.29) is 0 Å². The molecule has 0 radical (unpaired) electrons. The van der Waals surface area contributed by atoms with E-state index < -0.39 is 0 Å². The number of methoxy groups -OCH3 is 1. The standard InChI is InChI=1S/C18H27NO2/c1-20-18-7-3-2-6-17(18)16-8-10-19(11-9-16)13-15-5-4-12-21-14-15/h2-3,6-7,15-16H,4-5,8-14H2,1H3. The minimum Gasteiger partial charge on any atom is -0.496 e. The third-order valence-electron chi connectivity index (χ3n) is 4.94. The van der Waals surface area contributed by atoms with Crippen LogP contribution in [-0.4, -0.2) is 44.9 Å². The number of hydrogen-bond acceptors (Lipinski definition) is 3. The third-order valence-corrected chi connectivity index (χ3v) is 4.94. The molecule has 3 rings (SSSR count). The Bertz CT molecular complexity index is 435. The van der Waals surface area contributed by atoms with Gasteiger partial charge in [0.2, 0.25) is 0 Å². The van der Waals surface area contributed by atoms with Crippen molar-refractivity contribution >= 4 is 0 Å². The highest BCUT2D eigenvalue weighted by atomic mass is 16.5. The van der Waals surface area contributed by atoms with Crippen molar-refractivity contribution in [2.45, 2.75) is 31.6 Å². The lowest BCUT2D eigenvalue weighted by molar-refractivity contribution is 0.0346. The topological polar surface area (TPSA) is 21.7 Å². The molecule has 0 saturated carbocycles. The van der Waals surface area contributed by atoms with Crippen molar-refractivity contribution in [3.05, 3.63) is 29.8 Å². The lowest BCUT2D eigenvalue weighted by Crippen LogP contribution is -2.38. The fraction of sp³-hybridized carbons (Fsp3) is 0.667. The third kappa shape index (κ3) is 3.78. The smallest absolute Gasteiger partial charge is 0.122 e. The second kappa shape index (κ2) is 7.28. The number of para-hydroxylation sites is 1. The zero-order valence-corrected chi connectivity index (χ0v) is 13.1. The van der Waals surface area contributed by atoms with Gasteiger partial charge in [-0.2, -0.15) is 0 Å². The predicted octanol–water partition coefficient (Wildman–Crippen LogP) is 3.30. The van der Waals surface area contributed by atoms with E-state index in [9.17, 15) is 0 Å². The molecule has 21 heavy (non-hydrogen) atoms. The molecular weight excluding hydrogens is 262 g/mol. The number of hydrogen-bond donors (Lipinski definition) is 0. The van der Waals surface area contributed by atoms with Crippen molar-refractivity contribution in [2.24, 2.45) is 5.92 Å². The molecule has 2 saturated heterocycles. The average molecular weight is 289 g/mol. The Morgan fingerprint density at radius 3 is 2.71 bits per heavy atom. The minimum absolute atomic E-state index is 0.653. The van der Waals surface area contributed by atoms with Gasteiger partial charge in [-0.05, 0) is 62.2 Å². The zero-order chi connectivity index (χ0) is 14.5. The summed E-state index contributed by atoms with van der Waals surface area (Å²) in [4.78, 5) is 2.63. The molecule has 2 aliphatic heterocycles. The van der Waals surface area contributed by atoms with Crippen LogP contribution in [0.3, 0.4) is 0 Å². The number of likely N-dealkylation sites (tertiary alicyclic amines) is 1. The number of benzene rings is 1. The quantitative estimate of drug-likeness (QED) is 0.849. The van der Waals surface area contributed by atoms with Crippen LogP contribution in [-0.2, 0) is 4.74 Å². The monoisotopic (exact) mass is 289 g/mol. The van der Waals surface area contributed by atoms with E-state index in [1.807, 2.05) is 0 Å². The van der Waals surface area contributed by atoms with E-state index in [2.05, 4.69) is 29.2 Å². The zero-order valence-electron chi connectivity index (χ0n) is 13.1. The molecule has 2 heterocycles. The average Bonchev–Trinajstić information content (AvgIpc) is 2.56. The summed E-state index contributed by atoms with van der Waals surface area (Å²) in [7, 11) is 1.77. The van der Waals surface area contributed by atoms with Gasteiger partial charge in [0.05, 0.1) is 13.7 Å². The molecule has 1 unspecified atom stereocenters. The van der Waals surface area contributed by atoms with Crippen molar-refractivity contribution < 1.29 is 9.47 Å². The number of ether oxygens (including phenoxy) is 2. The van der Waals surface area contributed by atoms with Crippen LogP contribution >= 0.6 is 0 Å². The highest BCUT2D eigenvalue weighted by Gasteiger charge is 2.25. The van der Waals surface area contributed by atoms with Gasteiger partial charge >= 0.3 is 0 Å². The van der Waals surface area contributed by atoms with Crippen molar-refractivity contribution in [3.63, 3.8) is 0 Å². The summed E-state index contributed by atoms with van der Waals surface area (Å²) >= 11 is 0. The second-order valence-corrected chi connectivity index (χ2v) is 6.40. The Balaban J connectivity index is 1.52. The van der Waals surface area contributed by atoms with Crippen LogP contribution in [0.1, 0.15) is 37.2 Å². The molecule has 0 bridgehead atoms. The maximum atomic E-state index is 5.60. The SMILES string of the molecule is COc1ccccc1C1CCN(CC2CCCOC2)CC1. The van der Waals surface area contributed by atoms with Gasteiger partial charge in [-0.1, -0.05) is 18.2 Å². The summed E-state index contributed by atoms with van der Waals surface area (Å²) in [5.41, 5.74) is 1.39. The summed E-state index contributed by atoms with van der Waals surface area (Å²) in [6.07, 6.45) is 5.07. The van der Waals surface area contributed by atoms with E-state index in [0.29, 0.717) is 5.92 Å². The lowest BCUT2D eigenvalue weighted by Gasteiger charge is -2.35. The Morgan fingerprint density at radius 2 is 2.00 bits per heavy atom. The first-order chi connectivity index (χ1) is 10.4. The van der Waals surface area contributed by atoms with Crippen LogP contribution in [0.5, 0.6) is 5.75 Å². The fourth-order valence-corrected chi connectivity index (χ4v) is 3.75. The normalized spacial score (nSPS) is 24.9. The van der Waals surface area contributed by atoms with Gasteiger partial charge < -0.3 is 14.4 Å². The first-order valence-electron chi connectivity index (χ1n) is 8.30. The van der Waals surface area contributed by atoms with E-state index >= 15 is 0 Å². The molecule has 3 heteroatoms. The fourth-order valence-electron chi connectivity index (χ4n) is 3.75. The number of rotatable bonds is 4. The largest absolute Gasteiger partial charge is 0.496 e. The molecule has 1 atom stereocenters. The van der Waals surface area contributed by atoms with Crippen molar-refractivity contribution in [1.29, 1.82) is 0 Å². The van der Waals surface area contributed by atoms with Crippen LogP contribution in [0.2, 0.25) is 0 Å². The molecule has 0 amide bonds. The van der Waals surface area contributed by atoms with Gasteiger partial charge in [0.25, 0.3) is 0 Å². The molecule has 116 valence electrons. The van der Waals surface area contributed by atoms with E-state index in [4.69, 9.17) is 9.47 Å². The number of piperidine rings is 1. The van der Waals surface area contributed by atoms with Gasteiger partial charge in [-0.3, -0.25) is 0 Å². The molecule has 0 aromatic heterocycles. The Labute approximate surface area is 128 Å². The second-order valence-electron chi connectivity index (χ2n) is 6.40. The van der Waals surface area contributed by atoms with Gasteiger partial charge in [-0.15, -0.1) is 0 Å². The molecule has 3 nitrogen and oxygen atoms in total. The van der Waals surface area contributed by atoms with E-state index in [0.717, 1.165) is 24.9 Å². The van der Waals surface area contributed by atoms with Gasteiger partial charge in [0.1, 0.15) is 5.75 Å². The first kappa shape index (κ1) is 14.9. The summed E-state index contributed by atoms with van der Waals surface area (Å²) in [6, 6.07) is 8.50. The molecular formula is C18H27NO2. The van der Waals surface area contributed by atoms with Crippen molar-refractivity contribution in [3.8, 4) is 5.75 Å².